The zero-order chi connectivity index (χ0) is 24.8. The minimum absolute atomic E-state index is 0.0440. The third-order valence-corrected chi connectivity index (χ3v) is 7.49. The quantitative estimate of drug-likeness (QED) is 0.366. The highest BCUT2D eigenvalue weighted by Gasteiger charge is 2.23. The number of ketones is 1. The van der Waals surface area contributed by atoms with Crippen molar-refractivity contribution in [1.82, 2.24) is 14.5 Å². The summed E-state index contributed by atoms with van der Waals surface area (Å²) in [4.78, 5) is 21.9. The number of anilines is 2. The molecule has 8 nitrogen and oxygen atoms in total. The molecule has 0 spiro atoms. The van der Waals surface area contributed by atoms with Crippen LogP contribution in [0.5, 0.6) is 0 Å². The molecule has 2 aromatic heterocycles. The second-order valence-electron chi connectivity index (χ2n) is 8.38. The van der Waals surface area contributed by atoms with Gasteiger partial charge in [0, 0.05) is 28.5 Å². The van der Waals surface area contributed by atoms with Crippen LogP contribution >= 0.6 is 11.6 Å². The summed E-state index contributed by atoms with van der Waals surface area (Å²) in [6.45, 7) is 7.36. The molecule has 34 heavy (non-hydrogen) atoms. The molecule has 0 unspecified atom stereocenters. The summed E-state index contributed by atoms with van der Waals surface area (Å²) in [5.74, 6) is -0.108. The Hall–Kier alpha value is -3.43. The molecule has 0 saturated heterocycles. The summed E-state index contributed by atoms with van der Waals surface area (Å²) in [6.07, 6.45) is 3.07. The van der Waals surface area contributed by atoms with Gasteiger partial charge in [-0.3, -0.25) is 9.52 Å². The second kappa shape index (κ2) is 8.73. The lowest BCUT2D eigenvalue weighted by atomic mass is 10.0. The number of benzene rings is 2. The van der Waals surface area contributed by atoms with Crippen LogP contribution < -0.4 is 10.5 Å². The molecule has 0 aliphatic heterocycles. The SMILES string of the molecule is Cc1cc(S(=O)(=O)Nc2cccc(C(=O)c3cn(C(C)C)c4ncnc(N)c34)c2)c(C)cc1Cl. The molecule has 0 bridgehead atoms. The van der Waals surface area contributed by atoms with E-state index in [1.165, 1.54) is 18.5 Å². The molecular formula is C24H24ClN5O3S. The molecule has 0 fully saturated rings. The van der Waals surface area contributed by atoms with Gasteiger partial charge in [0.1, 0.15) is 17.8 Å². The Labute approximate surface area is 202 Å². The molecule has 4 rings (SSSR count). The molecule has 0 aliphatic carbocycles. The fourth-order valence-corrected chi connectivity index (χ4v) is 5.39. The van der Waals surface area contributed by atoms with E-state index in [0.717, 1.165) is 0 Å². The Morgan fingerprint density at radius 3 is 2.56 bits per heavy atom. The fourth-order valence-electron chi connectivity index (χ4n) is 3.81. The summed E-state index contributed by atoms with van der Waals surface area (Å²) in [6, 6.07) is 9.50. The number of hydrogen-bond acceptors (Lipinski definition) is 6. The largest absolute Gasteiger partial charge is 0.383 e. The van der Waals surface area contributed by atoms with E-state index in [1.54, 1.807) is 44.3 Å². The van der Waals surface area contributed by atoms with E-state index in [1.807, 2.05) is 18.4 Å². The summed E-state index contributed by atoms with van der Waals surface area (Å²) in [5, 5.41) is 0.965. The van der Waals surface area contributed by atoms with Crippen molar-refractivity contribution in [2.75, 3.05) is 10.5 Å². The maximum Gasteiger partial charge on any atom is 0.262 e. The number of fused-ring (bicyclic) bond motifs is 1. The third kappa shape index (κ3) is 4.24. The Morgan fingerprint density at radius 1 is 1.12 bits per heavy atom. The molecule has 0 aliphatic rings. The van der Waals surface area contributed by atoms with Gasteiger partial charge in [0.2, 0.25) is 0 Å². The van der Waals surface area contributed by atoms with Crippen LogP contribution in [0.2, 0.25) is 5.02 Å². The van der Waals surface area contributed by atoms with Crippen LogP contribution in [-0.2, 0) is 10.0 Å². The number of carbonyl (C=O) groups is 1. The van der Waals surface area contributed by atoms with Crippen molar-refractivity contribution in [3.8, 4) is 0 Å². The average molecular weight is 498 g/mol. The Bertz CT molecular complexity index is 1540. The summed E-state index contributed by atoms with van der Waals surface area (Å²) < 4.78 is 30.5. The van der Waals surface area contributed by atoms with Crippen molar-refractivity contribution in [3.05, 3.63) is 76.2 Å². The molecule has 4 aromatic rings. The smallest absolute Gasteiger partial charge is 0.262 e. The van der Waals surface area contributed by atoms with Crippen molar-refractivity contribution in [2.24, 2.45) is 0 Å². The third-order valence-electron chi connectivity index (χ3n) is 5.56. The van der Waals surface area contributed by atoms with Crippen LogP contribution in [-0.4, -0.2) is 28.7 Å². The van der Waals surface area contributed by atoms with Gasteiger partial charge in [-0.05, 0) is 63.1 Å². The van der Waals surface area contributed by atoms with Crippen LogP contribution in [0.1, 0.15) is 46.9 Å². The first-order valence-corrected chi connectivity index (χ1v) is 12.4. The van der Waals surface area contributed by atoms with Gasteiger partial charge in [0.25, 0.3) is 10.0 Å². The first-order chi connectivity index (χ1) is 16.0. The molecule has 3 N–H and O–H groups in total. The van der Waals surface area contributed by atoms with Gasteiger partial charge in [-0.1, -0.05) is 23.7 Å². The Kier molecular flexibility index (Phi) is 6.09. The number of nitrogen functional groups attached to an aromatic ring is 1. The van der Waals surface area contributed by atoms with Gasteiger partial charge in [-0.25, -0.2) is 18.4 Å². The molecule has 0 amide bonds. The number of aryl methyl sites for hydroxylation is 2. The van der Waals surface area contributed by atoms with Crippen LogP contribution in [0.4, 0.5) is 11.5 Å². The molecule has 0 radical (unpaired) electrons. The van der Waals surface area contributed by atoms with Gasteiger partial charge in [0.05, 0.1) is 15.8 Å². The number of sulfonamides is 1. The van der Waals surface area contributed by atoms with E-state index >= 15 is 0 Å². The van der Waals surface area contributed by atoms with Crippen LogP contribution in [0.15, 0.2) is 53.8 Å². The highest BCUT2D eigenvalue weighted by Crippen LogP contribution is 2.30. The predicted molar refractivity (Wildman–Crippen MR) is 134 cm³/mol. The number of nitrogens with two attached hydrogens (primary N) is 1. The zero-order valence-corrected chi connectivity index (χ0v) is 20.7. The van der Waals surface area contributed by atoms with Gasteiger partial charge in [0.15, 0.2) is 5.78 Å². The highest BCUT2D eigenvalue weighted by atomic mass is 35.5. The number of rotatable bonds is 6. The standard InChI is InChI=1S/C24H24ClN5O3S/c1-13(2)30-11-18(21-23(26)27-12-28-24(21)30)22(31)16-6-5-7-17(10-16)29-34(32,33)20-9-14(3)19(25)8-15(20)4/h5-13,29H,1-4H3,(H2,26,27,28). The number of aromatic nitrogens is 3. The van der Waals surface area contributed by atoms with E-state index in [0.29, 0.717) is 38.3 Å². The number of carbonyl (C=O) groups excluding carboxylic acids is 1. The summed E-state index contributed by atoms with van der Waals surface area (Å²) in [7, 11) is -3.90. The number of nitrogens with zero attached hydrogens (tertiary/aromatic N) is 3. The fraction of sp³-hybridized carbons (Fsp3) is 0.208. The van der Waals surface area contributed by atoms with E-state index in [4.69, 9.17) is 17.3 Å². The molecule has 0 saturated carbocycles. The molecule has 10 heteroatoms. The average Bonchev–Trinajstić information content (AvgIpc) is 3.17. The van der Waals surface area contributed by atoms with Crippen LogP contribution in [0.25, 0.3) is 11.0 Å². The minimum Gasteiger partial charge on any atom is -0.383 e. The lowest BCUT2D eigenvalue weighted by molar-refractivity contribution is 0.104. The van der Waals surface area contributed by atoms with Crippen LogP contribution in [0, 0.1) is 13.8 Å². The van der Waals surface area contributed by atoms with E-state index in [9.17, 15) is 13.2 Å². The van der Waals surface area contributed by atoms with E-state index in [2.05, 4.69) is 14.7 Å². The normalized spacial score (nSPS) is 11.8. The number of hydrogen-bond donors (Lipinski definition) is 2. The lowest BCUT2D eigenvalue weighted by Gasteiger charge is -2.13. The molecule has 2 aromatic carbocycles. The minimum atomic E-state index is -3.90. The number of nitrogens with one attached hydrogen (secondary N) is 1. The van der Waals surface area contributed by atoms with E-state index in [-0.39, 0.29) is 28.2 Å². The summed E-state index contributed by atoms with van der Waals surface area (Å²) >= 11 is 6.11. The maximum atomic E-state index is 13.5. The Balaban J connectivity index is 1.73. The number of halogens is 1. The molecule has 2 heterocycles. The van der Waals surface area contributed by atoms with Gasteiger partial charge < -0.3 is 10.3 Å². The zero-order valence-electron chi connectivity index (χ0n) is 19.1. The van der Waals surface area contributed by atoms with Gasteiger partial charge in [-0.2, -0.15) is 0 Å². The van der Waals surface area contributed by atoms with Crippen molar-refractivity contribution in [3.63, 3.8) is 0 Å². The maximum absolute atomic E-state index is 13.5. The Morgan fingerprint density at radius 2 is 1.85 bits per heavy atom. The van der Waals surface area contributed by atoms with Crippen molar-refractivity contribution < 1.29 is 13.2 Å². The highest BCUT2D eigenvalue weighted by molar-refractivity contribution is 7.92. The first-order valence-electron chi connectivity index (χ1n) is 10.5. The van der Waals surface area contributed by atoms with Crippen molar-refractivity contribution in [1.29, 1.82) is 0 Å². The van der Waals surface area contributed by atoms with E-state index < -0.39 is 10.0 Å². The monoisotopic (exact) mass is 497 g/mol. The van der Waals surface area contributed by atoms with Crippen LogP contribution in [0.3, 0.4) is 0 Å². The first kappa shape index (κ1) is 23.7. The topological polar surface area (TPSA) is 120 Å². The van der Waals surface area contributed by atoms with Gasteiger partial charge in [-0.15, -0.1) is 0 Å². The summed E-state index contributed by atoms with van der Waals surface area (Å²) in [5.41, 5.74) is 8.73. The van der Waals surface area contributed by atoms with Crippen molar-refractivity contribution >= 4 is 49.9 Å². The second-order valence-corrected chi connectivity index (χ2v) is 10.4. The molecular weight excluding hydrogens is 474 g/mol. The molecule has 176 valence electrons. The molecule has 0 atom stereocenters. The van der Waals surface area contributed by atoms with Gasteiger partial charge >= 0.3 is 0 Å². The van der Waals surface area contributed by atoms with Crippen molar-refractivity contribution in [2.45, 2.75) is 38.6 Å². The predicted octanol–water partition coefficient (Wildman–Crippen LogP) is 4.90. The lowest BCUT2D eigenvalue weighted by Crippen LogP contribution is -2.15.